The number of hydrogen-bond donors (Lipinski definition) is 1. The molecule has 0 atom stereocenters. The predicted octanol–water partition coefficient (Wildman–Crippen LogP) is 0.818. The monoisotopic (exact) mass is 169 g/mol. The molecule has 1 rings (SSSR count). The molecule has 0 bridgehead atoms. The molecule has 1 N–H and O–H groups in total. The van der Waals surface area contributed by atoms with Crippen LogP contribution < -0.4 is 0 Å². The highest BCUT2D eigenvalue weighted by Crippen LogP contribution is 1.96. The molecule has 66 valence electrons. The number of rotatable bonds is 4. The first-order chi connectivity index (χ1) is 5.84. The number of H-pyrrole nitrogens is 1. The van der Waals surface area contributed by atoms with Gasteiger partial charge in [0, 0.05) is 13.3 Å². The van der Waals surface area contributed by atoms with Crippen LogP contribution in [-0.2, 0) is 9.47 Å². The SMILES string of the molecule is COCCOC(=O)c1ccc[nH]1. The van der Waals surface area contributed by atoms with Gasteiger partial charge in [-0.25, -0.2) is 4.79 Å². The lowest BCUT2D eigenvalue weighted by Crippen LogP contribution is -2.09. The van der Waals surface area contributed by atoms with Gasteiger partial charge in [0.25, 0.3) is 0 Å². The van der Waals surface area contributed by atoms with Gasteiger partial charge < -0.3 is 14.5 Å². The van der Waals surface area contributed by atoms with Crippen LogP contribution in [0.25, 0.3) is 0 Å². The normalized spacial score (nSPS) is 9.75. The maximum absolute atomic E-state index is 11.1. The quantitative estimate of drug-likeness (QED) is 0.536. The third-order valence-corrected chi connectivity index (χ3v) is 1.34. The fourth-order valence-electron chi connectivity index (χ4n) is 0.753. The van der Waals surface area contributed by atoms with Crippen LogP contribution in [-0.4, -0.2) is 31.3 Å². The van der Waals surface area contributed by atoms with Gasteiger partial charge in [0.1, 0.15) is 12.3 Å². The highest BCUT2D eigenvalue weighted by molar-refractivity contribution is 5.87. The van der Waals surface area contributed by atoms with Crippen molar-refractivity contribution in [3.05, 3.63) is 24.0 Å². The second-order valence-electron chi connectivity index (χ2n) is 2.21. The fourth-order valence-corrected chi connectivity index (χ4v) is 0.753. The van der Waals surface area contributed by atoms with Gasteiger partial charge in [-0.15, -0.1) is 0 Å². The van der Waals surface area contributed by atoms with Crippen molar-refractivity contribution >= 4 is 5.97 Å². The molecule has 4 heteroatoms. The van der Waals surface area contributed by atoms with Crippen molar-refractivity contribution in [1.29, 1.82) is 0 Å². The molecule has 0 aliphatic carbocycles. The minimum Gasteiger partial charge on any atom is -0.459 e. The summed E-state index contributed by atoms with van der Waals surface area (Å²) in [7, 11) is 1.56. The standard InChI is InChI=1S/C8H11NO3/c1-11-5-6-12-8(10)7-3-2-4-9-7/h2-4,9H,5-6H2,1H3. The van der Waals surface area contributed by atoms with Gasteiger partial charge in [0.15, 0.2) is 0 Å². The molecule has 1 aromatic rings. The van der Waals surface area contributed by atoms with Crippen molar-refractivity contribution in [2.24, 2.45) is 0 Å². The first-order valence-electron chi connectivity index (χ1n) is 3.64. The number of esters is 1. The van der Waals surface area contributed by atoms with Gasteiger partial charge in [0.05, 0.1) is 6.61 Å². The zero-order valence-electron chi connectivity index (χ0n) is 6.87. The Balaban J connectivity index is 2.30. The fraction of sp³-hybridized carbons (Fsp3) is 0.375. The van der Waals surface area contributed by atoms with E-state index < -0.39 is 0 Å². The van der Waals surface area contributed by atoms with E-state index in [1.807, 2.05) is 0 Å². The Kier molecular flexibility index (Phi) is 3.35. The minimum absolute atomic E-state index is 0.286. The van der Waals surface area contributed by atoms with Crippen LogP contribution in [0.2, 0.25) is 0 Å². The largest absolute Gasteiger partial charge is 0.459 e. The van der Waals surface area contributed by atoms with E-state index in [1.54, 1.807) is 25.4 Å². The average Bonchev–Trinajstić information content (AvgIpc) is 2.56. The summed E-state index contributed by atoms with van der Waals surface area (Å²) in [4.78, 5) is 13.8. The second-order valence-corrected chi connectivity index (χ2v) is 2.21. The van der Waals surface area contributed by atoms with Gasteiger partial charge in [0.2, 0.25) is 0 Å². The molecule has 4 nitrogen and oxygen atoms in total. The van der Waals surface area contributed by atoms with Crippen LogP contribution in [0.4, 0.5) is 0 Å². The molecule has 0 saturated carbocycles. The van der Waals surface area contributed by atoms with Crippen LogP contribution in [0.15, 0.2) is 18.3 Å². The summed E-state index contributed by atoms with van der Waals surface area (Å²) in [5.74, 6) is -0.350. The first-order valence-corrected chi connectivity index (χ1v) is 3.64. The number of aromatic amines is 1. The molecule has 1 aromatic heterocycles. The lowest BCUT2D eigenvalue weighted by atomic mass is 10.4. The van der Waals surface area contributed by atoms with Crippen LogP contribution in [0.5, 0.6) is 0 Å². The zero-order valence-corrected chi connectivity index (χ0v) is 6.87. The second kappa shape index (κ2) is 4.56. The topological polar surface area (TPSA) is 51.3 Å². The van der Waals surface area contributed by atoms with Gasteiger partial charge in [-0.2, -0.15) is 0 Å². The lowest BCUT2D eigenvalue weighted by molar-refractivity contribution is 0.0382. The van der Waals surface area contributed by atoms with E-state index in [0.29, 0.717) is 12.3 Å². The minimum atomic E-state index is -0.350. The number of carbonyl (C=O) groups is 1. The molecule has 0 fully saturated rings. The maximum Gasteiger partial charge on any atom is 0.354 e. The van der Waals surface area contributed by atoms with E-state index in [-0.39, 0.29) is 12.6 Å². The number of nitrogens with one attached hydrogen (secondary N) is 1. The van der Waals surface area contributed by atoms with Crippen molar-refractivity contribution in [2.75, 3.05) is 20.3 Å². The molecule has 0 saturated heterocycles. The zero-order chi connectivity index (χ0) is 8.81. The Morgan fingerprint density at radius 2 is 2.42 bits per heavy atom. The van der Waals surface area contributed by atoms with Gasteiger partial charge >= 0.3 is 5.97 Å². The van der Waals surface area contributed by atoms with E-state index in [0.717, 1.165) is 0 Å². The van der Waals surface area contributed by atoms with Crippen LogP contribution in [0.1, 0.15) is 10.5 Å². The van der Waals surface area contributed by atoms with Crippen LogP contribution in [0, 0.1) is 0 Å². The molecule has 1 heterocycles. The Bertz CT molecular complexity index is 230. The summed E-state index contributed by atoms with van der Waals surface area (Å²) in [5, 5.41) is 0. The Hall–Kier alpha value is -1.29. The first kappa shape index (κ1) is 8.80. The lowest BCUT2D eigenvalue weighted by Gasteiger charge is -2.01. The average molecular weight is 169 g/mol. The summed E-state index contributed by atoms with van der Waals surface area (Å²) >= 11 is 0. The van der Waals surface area contributed by atoms with Crippen LogP contribution in [0.3, 0.4) is 0 Å². The Labute approximate surface area is 70.5 Å². The molecule has 0 amide bonds. The van der Waals surface area contributed by atoms with Crippen molar-refractivity contribution in [1.82, 2.24) is 4.98 Å². The summed E-state index contributed by atoms with van der Waals surface area (Å²) in [6.07, 6.45) is 1.67. The third-order valence-electron chi connectivity index (χ3n) is 1.34. The van der Waals surface area contributed by atoms with E-state index in [4.69, 9.17) is 9.47 Å². The van der Waals surface area contributed by atoms with Gasteiger partial charge in [-0.3, -0.25) is 0 Å². The smallest absolute Gasteiger partial charge is 0.354 e. The van der Waals surface area contributed by atoms with Crippen molar-refractivity contribution < 1.29 is 14.3 Å². The van der Waals surface area contributed by atoms with Crippen LogP contribution >= 0.6 is 0 Å². The predicted molar refractivity (Wildman–Crippen MR) is 43.0 cm³/mol. The van der Waals surface area contributed by atoms with Gasteiger partial charge in [-0.1, -0.05) is 0 Å². The number of hydrogen-bond acceptors (Lipinski definition) is 3. The van der Waals surface area contributed by atoms with E-state index in [1.165, 1.54) is 0 Å². The Morgan fingerprint density at radius 3 is 3.00 bits per heavy atom. The Morgan fingerprint density at radius 1 is 1.58 bits per heavy atom. The van der Waals surface area contributed by atoms with Crippen molar-refractivity contribution in [3.63, 3.8) is 0 Å². The number of carbonyl (C=O) groups excluding carboxylic acids is 1. The van der Waals surface area contributed by atoms with E-state index in [9.17, 15) is 4.79 Å². The molecule has 0 radical (unpaired) electrons. The number of aromatic nitrogens is 1. The van der Waals surface area contributed by atoms with Crippen molar-refractivity contribution in [3.8, 4) is 0 Å². The molecule has 0 aliphatic heterocycles. The van der Waals surface area contributed by atoms with Crippen molar-refractivity contribution in [2.45, 2.75) is 0 Å². The molecule has 0 aromatic carbocycles. The molecule has 0 aliphatic rings. The molecule has 0 unspecified atom stereocenters. The molecular formula is C8H11NO3. The van der Waals surface area contributed by atoms with E-state index >= 15 is 0 Å². The maximum atomic E-state index is 11.1. The molecular weight excluding hydrogens is 158 g/mol. The highest BCUT2D eigenvalue weighted by Gasteiger charge is 2.05. The number of methoxy groups -OCH3 is 1. The summed E-state index contributed by atoms with van der Waals surface area (Å²) in [6.45, 7) is 0.709. The highest BCUT2D eigenvalue weighted by atomic mass is 16.6. The molecule has 12 heavy (non-hydrogen) atoms. The summed E-state index contributed by atoms with van der Waals surface area (Å²) in [6, 6.07) is 3.40. The summed E-state index contributed by atoms with van der Waals surface area (Å²) in [5.41, 5.74) is 0.464. The van der Waals surface area contributed by atoms with E-state index in [2.05, 4.69) is 4.98 Å². The number of ether oxygens (including phenoxy) is 2. The molecule has 0 spiro atoms. The third kappa shape index (κ3) is 2.39. The van der Waals surface area contributed by atoms with Gasteiger partial charge in [-0.05, 0) is 12.1 Å². The summed E-state index contributed by atoms with van der Waals surface area (Å²) < 4.78 is 9.55.